The Morgan fingerprint density at radius 2 is 2.05 bits per heavy atom. The summed E-state index contributed by atoms with van der Waals surface area (Å²) in [5.74, 6) is -0.851. The molecule has 2 heterocycles. The third-order valence-electron chi connectivity index (χ3n) is 4.33. The molecular weight excluding hydrogens is 258 g/mol. The van der Waals surface area contributed by atoms with Crippen molar-refractivity contribution >= 4 is 11.9 Å². The first kappa shape index (κ1) is 14.6. The minimum Gasteiger partial charge on any atom is -0.481 e. The minimum atomic E-state index is -0.832. The van der Waals surface area contributed by atoms with Gasteiger partial charge < -0.3 is 10.0 Å². The van der Waals surface area contributed by atoms with E-state index in [-0.39, 0.29) is 5.91 Å². The van der Waals surface area contributed by atoms with Crippen molar-refractivity contribution in [3.63, 3.8) is 0 Å². The van der Waals surface area contributed by atoms with E-state index in [9.17, 15) is 14.7 Å². The van der Waals surface area contributed by atoms with E-state index in [0.29, 0.717) is 25.9 Å². The van der Waals surface area contributed by atoms with Crippen LogP contribution in [0, 0.1) is 19.3 Å². The van der Waals surface area contributed by atoms with E-state index in [4.69, 9.17) is 0 Å². The van der Waals surface area contributed by atoms with Gasteiger partial charge in [0.05, 0.1) is 17.5 Å². The Morgan fingerprint density at radius 1 is 1.40 bits per heavy atom. The highest BCUT2D eigenvalue weighted by Crippen LogP contribution is 2.30. The first-order valence-corrected chi connectivity index (χ1v) is 6.75. The fourth-order valence-electron chi connectivity index (χ4n) is 2.68. The molecule has 0 unspecified atom stereocenters. The standard InChI is InChI=1S/C14H21N3O3/c1-9-11(10(2)16(4)15-9)7-12(18)17-6-5-14(3,8-17)13(19)20/h5-8H2,1-4H3,(H,19,20)/t14-/m0/s1. The second-order valence-corrected chi connectivity index (χ2v) is 5.88. The van der Waals surface area contributed by atoms with E-state index in [1.807, 2.05) is 20.9 Å². The Balaban J connectivity index is 2.09. The van der Waals surface area contributed by atoms with E-state index >= 15 is 0 Å². The van der Waals surface area contributed by atoms with Gasteiger partial charge in [0, 0.05) is 31.4 Å². The Hall–Kier alpha value is -1.85. The molecule has 0 aliphatic carbocycles. The molecule has 0 aromatic carbocycles. The molecule has 1 aliphatic heterocycles. The number of carboxylic acid groups (broad SMARTS) is 1. The van der Waals surface area contributed by atoms with E-state index in [1.165, 1.54) is 0 Å². The van der Waals surface area contributed by atoms with Crippen molar-refractivity contribution in [1.82, 2.24) is 14.7 Å². The number of hydrogen-bond donors (Lipinski definition) is 1. The highest BCUT2D eigenvalue weighted by atomic mass is 16.4. The predicted molar refractivity (Wildman–Crippen MR) is 73.3 cm³/mol. The zero-order chi connectivity index (χ0) is 15.1. The Bertz CT molecular complexity index is 564. The van der Waals surface area contributed by atoms with Crippen LogP contribution in [0.1, 0.15) is 30.3 Å². The summed E-state index contributed by atoms with van der Waals surface area (Å²) in [5, 5.41) is 13.5. The van der Waals surface area contributed by atoms with Gasteiger partial charge in [-0.3, -0.25) is 14.3 Å². The summed E-state index contributed by atoms with van der Waals surface area (Å²) in [5.41, 5.74) is 1.98. The molecule has 1 amide bonds. The van der Waals surface area contributed by atoms with E-state index < -0.39 is 11.4 Å². The van der Waals surface area contributed by atoms with Crippen LogP contribution in [0.2, 0.25) is 0 Å². The predicted octanol–water partition coefficient (Wildman–Crippen LogP) is 0.903. The van der Waals surface area contributed by atoms with Crippen LogP contribution in [0.25, 0.3) is 0 Å². The number of carbonyl (C=O) groups is 2. The molecule has 2 rings (SSSR count). The fourth-order valence-corrected chi connectivity index (χ4v) is 2.68. The maximum Gasteiger partial charge on any atom is 0.311 e. The van der Waals surface area contributed by atoms with Crippen molar-refractivity contribution < 1.29 is 14.7 Å². The SMILES string of the molecule is Cc1nn(C)c(C)c1CC(=O)N1CC[C@](C)(C(=O)O)C1. The summed E-state index contributed by atoms with van der Waals surface area (Å²) in [6, 6.07) is 0. The normalized spacial score (nSPS) is 22.3. The molecule has 1 fully saturated rings. The number of aryl methyl sites for hydroxylation is 2. The van der Waals surface area contributed by atoms with Crippen molar-refractivity contribution in [1.29, 1.82) is 0 Å². The average Bonchev–Trinajstić information content (AvgIpc) is 2.87. The van der Waals surface area contributed by atoms with Gasteiger partial charge in [0.1, 0.15) is 0 Å². The van der Waals surface area contributed by atoms with Crippen molar-refractivity contribution in [3.05, 3.63) is 17.0 Å². The third kappa shape index (κ3) is 2.42. The molecule has 1 N–H and O–H groups in total. The van der Waals surface area contributed by atoms with Gasteiger partial charge in [-0.1, -0.05) is 0 Å². The number of aromatic nitrogens is 2. The molecule has 1 aliphatic rings. The first-order chi connectivity index (χ1) is 9.24. The number of carboxylic acids is 1. The van der Waals surface area contributed by atoms with E-state index in [1.54, 1.807) is 16.5 Å². The molecule has 1 saturated heterocycles. The molecule has 1 atom stereocenters. The summed E-state index contributed by atoms with van der Waals surface area (Å²) in [7, 11) is 1.85. The lowest BCUT2D eigenvalue weighted by Gasteiger charge is -2.20. The van der Waals surface area contributed by atoms with Gasteiger partial charge in [0.2, 0.25) is 5.91 Å². The summed E-state index contributed by atoms with van der Waals surface area (Å²) < 4.78 is 1.77. The lowest BCUT2D eigenvalue weighted by molar-refractivity contribution is -0.147. The average molecular weight is 279 g/mol. The molecule has 6 heteroatoms. The summed E-state index contributed by atoms with van der Waals surface area (Å²) >= 11 is 0. The van der Waals surface area contributed by atoms with Gasteiger partial charge in [-0.05, 0) is 27.2 Å². The zero-order valence-electron chi connectivity index (χ0n) is 12.4. The maximum atomic E-state index is 12.3. The van der Waals surface area contributed by atoms with E-state index in [2.05, 4.69) is 5.10 Å². The van der Waals surface area contributed by atoms with Crippen LogP contribution in [-0.2, 0) is 23.1 Å². The molecule has 0 radical (unpaired) electrons. The molecule has 0 bridgehead atoms. The van der Waals surface area contributed by atoms with Crippen molar-refractivity contribution in [2.75, 3.05) is 13.1 Å². The molecule has 6 nitrogen and oxygen atoms in total. The Morgan fingerprint density at radius 3 is 2.50 bits per heavy atom. The summed E-state index contributed by atoms with van der Waals surface area (Å²) in [6.07, 6.45) is 0.806. The van der Waals surface area contributed by atoms with Gasteiger partial charge in [-0.2, -0.15) is 5.10 Å². The van der Waals surface area contributed by atoms with Gasteiger partial charge in [-0.15, -0.1) is 0 Å². The minimum absolute atomic E-state index is 0.0193. The quantitative estimate of drug-likeness (QED) is 0.892. The number of likely N-dealkylation sites (tertiary alicyclic amines) is 1. The summed E-state index contributed by atoms with van der Waals surface area (Å²) in [4.78, 5) is 25.2. The Kier molecular flexibility index (Phi) is 3.58. The van der Waals surface area contributed by atoms with Crippen molar-refractivity contribution in [3.8, 4) is 0 Å². The number of rotatable bonds is 3. The zero-order valence-corrected chi connectivity index (χ0v) is 12.4. The third-order valence-corrected chi connectivity index (χ3v) is 4.33. The monoisotopic (exact) mass is 279 g/mol. The van der Waals surface area contributed by atoms with Crippen LogP contribution in [-0.4, -0.2) is 44.8 Å². The van der Waals surface area contributed by atoms with Crippen molar-refractivity contribution in [2.24, 2.45) is 12.5 Å². The van der Waals surface area contributed by atoms with Crippen molar-refractivity contribution in [2.45, 2.75) is 33.6 Å². The topological polar surface area (TPSA) is 75.4 Å². The Labute approximate surface area is 118 Å². The summed E-state index contributed by atoms with van der Waals surface area (Å²) in [6.45, 7) is 6.33. The molecule has 1 aromatic heterocycles. The molecule has 1 aromatic rings. The smallest absolute Gasteiger partial charge is 0.311 e. The second kappa shape index (κ2) is 4.92. The molecular formula is C14H21N3O3. The molecule has 20 heavy (non-hydrogen) atoms. The number of carbonyl (C=O) groups excluding carboxylic acids is 1. The van der Waals surface area contributed by atoms with Gasteiger partial charge >= 0.3 is 5.97 Å². The molecule has 0 saturated carbocycles. The number of amides is 1. The lowest BCUT2D eigenvalue weighted by atomic mass is 9.90. The van der Waals surface area contributed by atoms with Gasteiger partial charge in [-0.25, -0.2) is 0 Å². The highest BCUT2D eigenvalue weighted by Gasteiger charge is 2.42. The van der Waals surface area contributed by atoms with Crippen LogP contribution < -0.4 is 0 Å². The second-order valence-electron chi connectivity index (χ2n) is 5.88. The lowest BCUT2D eigenvalue weighted by Crippen LogP contribution is -2.35. The highest BCUT2D eigenvalue weighted by molar-refractivity contribution is 5.82. The maximum absolute atomic E-state index is 12.3. The number of nitrogens with zero attached hydrogens (tertiary/aromatic N) is 3. The molecule has 0 spiro atoms. The van der Waals surface area contributed by atoms with Crippen LogP contribution in [0.15, 0.2) is 0 Å². The molecule has 110 valence electrons. The van der Waals surface area contributed by atoms with Crippen LogP contribution >= 0.6 is 0 Å². The first-order valence-electron chi connectivity index (χ1n) is 6.75. The number of hydrogen-bond acceptors (Lipinski definition) is 3. The van der Waals surface area contributed by atoms with Crippen LogP contribution in [0.4, 0.5) is 0 Å². The van der Waals surface area contributed by atoms with Gasteiger partial charge in [0.25, 0.3) is 0 Å². The van der Waals surface area contributed by atoms with Crippen LogP contribution in [0.5, 0.6) is 0 Å². The number of aliphatic carboxylic acids is 1. The fraction of sp³-hybridized carbons (Fsp3) is 0.643. The van der Waals surface area contributed by atoms with Crippen LogP contribution in [0.3, 0.4) is 0 Å². The van der Waals surface area contributed by atoms with Gasteiger partial charge in [0.15, 0.2) is 0 Å². The van der Waals surface area contributed by atoms with E-state index in [0.717, 1.165) is 17.0 Å². The largest absolute Gasteiger partial charge is 0.481 e.